The molecule has 11 heavy (non-hydrogen) atoms. The van der Waals surface area contributed by atoms with Crippen LogP contribution in [-0.2, 0) is 4.79 Å². The zero-order chi connectivity index (χ0) is 8.10. The van der Waals surface area contributed by atoms with Gasteiger partial charge in [0.15, 0.2) is 0 Å². The van der Waals surface area contributed by atoms with Crippen molar-refractivity contribution in [3.8, 4) is 0 Å². The summed E-state index contributed by atoms with van der Waals surface area (Å²) in [5.41, 5.74) is 1.08. The van der Waals surface area contributed by atoms with Crippen LogP contribution in [0.1, 0.15) is 13.3 Å². The molecule has 62 valence electrons. The number of nitrogens with one attached hydrogen (secondary N) is 2. The molecule has 4 nitrogen and oxygen atoms in total. The van der Waals surface area contributed by atoms with Gasteiger partial charge in [0.05, 0.1) is 5.70 Å². The predicted molar refractivity (Wildman–Crippen MR) is 51.0 cm³/mol. The molecule has 0 aromatic rings. The van der Waals surface area contributed by atoms with Gasteiger partial charge in [-0.25, -0.2) is 3.15 Å². The molecule has 1 aliphatic heterocycles. The molecular weight excluding hydrogens is 257 g/mol. The maximum absolute atomic E-state index is 10.4. The first kappa shape index (κ1) is 8.63. The number of hydrogen-bond donors (Lipinski definition) is 2. The minimum atomic E-state index is -0.162. The lowest BCUT2D eigenvalue weighted by Crippen LogP contribution is -2.20. The molecule has 0 bridgehead atoms. The number of nitrogens with zero attached hydrogens (tertiary/aromatic N) is 1. The molecule has 0 aliphatic carbocycles. The summed E-state index contributed by atoms with van der Waals surface area (Å²) in [6.07, 6.45) is 2.77. The van der Waals surface area contributed by atoms with Crippen molar-refractivity contribution < 1.29 is 4.79 Å². The number of carbonyl (C=O) groups is 1. The number of carbonyl (C=O) groups excluding carboxylic acids is 1. The number of halogens is 1. The number of hydrogen-bond acceptors (Lipinski definition) is 3. The van der Waals surface area contributed by atoms with Crippen LogP contribution in [0.2, 0.25) is 0 Å². The summed E-state index contributed by atoms with van der Waals surface area (Å²) in [4.78, 5) is 10.4. The normalized spacial score (nSPS) is 14.8. The second-order valence-electron chi connectivity index (χ2n) is 2.15. The molecule has 1 amide bonds. The quantitative estimate of drug-likeness (QED) is 0.592. The summed E-state index contributed by atoms with van der Waals surface area (Å²) in [6.45, 7) is 2.21. The van der Waals surface area contributed by atoms with Crippen molar-refractivity contribution in [1.29, 1.82) is 0 Å². The van der Waals surface area contributed by atoms with Gasteiger partial charge in [0.25, 0.3) is 0 Å². The second kappa shape index (κ2) is 4.42. The Labute approximate surface area is 75.9 Å². The van der Waals surface area contributed by atoms with Crippen LogP contribution in [-0.4, -0.2) is 12.5 Å². The van der Waals surface area contributed by atoms with E-state index in [1.54, 1.807) is 0 Å². The highest BCUT2D eigenvalue weighted by Gasteiger charge is 1.99. The maximum atomic E-state index is 10.4. The standard InChI is InChI=1S/C6H10IN3O/c1-5(11)8-3-2-6-4-9-7-10-6/h4H,2-3H2,1H3,(H,8,11)(H,9,10). The lowest BCUT2D eigenvalue weighted by atomic mass is 10.3. The third kappa shape index (κ3) is 3.45. The van der Waals surface area contributed by atoms with Gasteiger partial charge in [-0.05, 0) is 0 Å². The fourth-order valence-corrected chi connectivity index (χ4v) is 2.00. The molecule has 0 atom stereocenters. The van der Waals surface area contributed by atoms with E-state index in [-0.39, 0.29) is 27.2 Å². The van der Waals surface area contributed by atoms with E-state index in [0.29, 0.717) is 6.54 Å². The first-order chi connectivity index (χ1) is 5.29. The van der Waals surface area contributed by atoms with Crippen LogP contribution in [0.4, 0.5) is 0 Å². The Bertz CT molecular complexity index is 212. The fraction of sp³-hybridized carbons (Fsp3) is 0.500. The van der Waals surface area contributed by atoms with Crippen molar-refractivity contribution >= 4 is 27.2 Å². The second-order valence-corrected chi connectivity index (χ2v) is 3.73. The van der Waals surface area contributed by atoms with E-state index in [1.807, 2.05) is 6.20 Å². The highest BCUT2D eigenvalue weighted by Crippen LogP contribution is 2.14. The van der Waals surface area contributed by atoms with E-state index in [9.17, 15) is 4.79 Å². The van der Waals surface area contributed by atoms with E-state index in [2.05, 4.69) is 12.0 Å². The Morgan fingerprint density at radius 3 is 3.27 bits per heavy atom. The van der Waals surface area contributed by atoms with Gasteiger partial charge in [0, 0.05) is 26.1 Å². The molecular formula is C6H10IN3O. The van der Waals surface area contributed by atoms with Gasteiger partial charge in [0.1, 0.15) is 21.3 Å². The first-order valence-corrected chi connectivity index (χ1v) is 5.36. The van der Waals surface area contributed by atoms with E-state index in [0.717, 1.165) is 12.1 Å². The van der Waals surface area contributed by atoms with Crippen molar-refractivity contribution in [3.05, 3.63) is 11.9 Å². The molecule has 0 unspecified atom stereocenters. The van der Waals surface area contributed by atoms with Gasteiger partial charge >= 0.3 is 0 Å². The summed E-state index contributed by atoms with van der Waals surface area (Å²) in [5, 5.41) is 2.72. The summed E-state index contributed by atoms with van der Waals surface area (Å²) in [5.74, 6) is 0.0197. The monoisotopic (exact) mass is 267 g/mol. The van der Waals surface area contributed by atoms with Crippen LogP contribution in [0.25, 0.3) is 0 Å². The lowest BCUT2D eigenvalue weighted by Gasteiger charge is -1.98. The molecule has 0 saturated carbocycles. The third-order valence-electron chi connectivity index (χ3n) is 1.18. The van der Waals surface area contributed by atoms with Gasteiger partial charge in [0.2, 0.25) is 5.91 Å². The largest absolute Gasteiger partial charge is 0.356 e. The summed E-state index contributed by atoms with van der Waals surface area (Å²) >= 11 is -0.162. The lowest BCUT2D eigenvalue weighted by molar-refractivity contribution is -0.118. The van der Waals surface area contributed by atoms with Crippen LogP contribution >= 0.6 is 21.3 Å². The van der Waals surface area contributed by atoms with E-state index >= 15 is 0 Å². The molecule has 2 N–H and O–H groups in total. The van der Waals surface area contributed by atoms with Crippen LogP contribution in [0, 0.1) is 0 Å². The van der Waals surface area contributed by atoms with Crippen molar-refractivity contribution in [2.24, 2.45) is 3.15 Å². The Morgan fingerprint density at radius 1 is 1.91 bits per heavy atom. The molecule has 0 radical (unpaired) electrons. The van der Waals surface area contributed by atoms with Gasteiger partial charge in [-0.1, -0.05) is 0 Å². The Balaban J connectivity index is 2.12. The molecule has 5 heteroatoms. The molecule has 0 aromatic heterocycles. The van der Waals surface area contributed by atoms with E-state index in [4.69, 9.17) is 0 Å². The van der Waals surface area contributed by atoms with Crippen LogP contribution in [0.3, 0.4) is 0 Å². The average molecular weight is 267 g/mol. The minimum Gasteiger partial charge on any atom is -0.356 e. The zero-order valence-electron chi connectivity index (χ0n) is 6.22. The van der Waals surface area contributed by atoms with Gasteiger partial charge < -0.3 is 8.85 Å². The topological polar surface area (TPSA) is 53.5 Å². The van der Waals surface area contributed by atoms with E-state index < -0.39 is 0 Å². The van der Waals surface area contributed by atoms with Crippen molar-refractivity contribution in [3.63, 3.8) is 0 Å². The SMILES string of the molecule is CC(=O)NCCC1=CNI=N1. The molecule has 1 aliphatic rings. The fourth-order valence-electron chi connectivity index (χ4n) is 0.671. The smallest absolute Gasteiger partial charge is 0.216 e. The first-order valence-electron chi connectivity index (χ1n) is 3.32. The average Bonchev–Trinajstić information content (AvgIpc) is 2.39. The molecule has 0 spiro atoms. The highest BCUT2D eigenvalue weighted by molar-refractivity contribution is 14.1. The van der Waals surface area contributed by atoms with Crippen molar-refractivity contribution in [2.45, 2.75) is 13.3 Å². The number of rotatable bonds is 3. The van der Waals surface area contributed by atoms with E-state index in [1.165, 1.54) is 6.92 Å². The van der Waals surface area contributed by atoms with Crippen LogP contribution in [0.15, 0.2) is 15.0 Å². The van der Waals surface area contributed by atoms with Crippen molar-refractivity contribution in [2.75, 3.05) is 6.54 Å². The molecule has 0 aromatic carbocycles. The highest BCUT2D eigenvalue weighted by atomic mass is 127. The summed E-state index contributed by atoms with van der Waals surface area (Å²) in [7, 11) is 0. The van der Waals surface area contributed by atoms with Crippen LogP contribution < -0.4 is 8.85 Å². The summed E-state index contributed by atoms with van der Waals surface area (Å²) in [6, 6.07) is 0. The molecule has 0 saturated heterocycles. The zero-order valence-corrected chi connectivity index (χ0v) is 8.38. The number of amides is 1. The third-order valence-corrected chi connectivity index (χ3v) is 2.63. The Kier molecular flexibility index (Phi) is 3.47. The van der Waals surface area contributed by atoms with Gasteiger partial charge in [-0.3, -0.25) is 4.79 Å². The Hall–Kier alpha value is -0.460. The molecule has 1 heterocycles. The van der Waals surface area contributed by atoms with Gasteiger partial charge in [-0.15, -0.1) is 0 Å². The summed E-state index contributed by atoms with van der Waals surface area (Å²) < 4.78 is 7.32. The Morgan fingerprint density at radius 2 is 2.73 bits per heavy atom. The predicted octanol–water partition coefficient (Wildman–Crippen LogP) is 1.03. The van der Waals surface area contributed by atoms with Crippen molar-refractivity contribution in [1.82, 2.24) is 8.85 Å². The van der Waals surface area contributed by atoms with Gasteiger partial charge in [-0.2, -0.15) is 0 Å². The minimum absolute atomic E-state index is 0.0197. The maximum Gasteiger partial charge on any atom is 0.216 e. The molecule has 1 rings (SSSR count). The van der Waals surface area contributed by atoms with Crippen LogP contribution in [0.5, 0.6) is 0 Å². The molecule has 0 fully saturated rings.